The summed E-state index contributed by atoms with van der Waals surface area (Å²) < 4.78 is 20.3. The fourth-order valence-electron chi connectivity index (χ4n) is 4.51. The number of allylic oxidation sites excluding steroid dienone is 3. The minimum atomic E-state index is -0.551. The van der Waals surface area contributed by atoms with Gasteiger partial charge in [0.2, 0.25) is 0 Å². The molecule has 0 saturated heterocycles. The highest BCUT2D eigenvalue weighted by Gasteiger charge is 2.42. The van der Waals surface area contributed by atoms with Crippen molar-refractivity contribution in [1.29, 1.82) is 0 Å². The van der Waals surface area contributed by atoms with Gasteiger partial charge in [0.25, 0.3) is 0 Å². The van der Waals surface area contributed by atoms with E-state index in [-0.39, 0.29) is 18.2 Å². The number of carbonyl (C=O) groups excluding carboxylic acids is 2. The van der Waals surface area contributed by atoms with Crippen molar-refractivity contribution in [2.75, 3.05) is 6.61 Å². The molecule has 5 nitrogen and oxygen atoms in total. The lowest BCUT2D eigenvalue weighted by Crippen LogP contribution is -2.53. The Labute approximate surface area is 175 Å². The summed E-state index contributed by atoms with van der Waals surface area (Å²) in [5.41, 5.74) is 3.55. The van der Waals surface area contributed by atoms with Gasteiger partial charge in [-0.25, -0.2) is 9.18 Å². The lowest BCUT2D eigenvalue weighted by atomic mass is 9.82. The maximum absolute atomic E-state index is 13.3. The first-order chi connectivity index (χ1) is 14.3. The summed E-state index contributed by atoms with van der Waals surface area (Å²) in [6.07, 6.45) is 8.46. The summed E-state index contributed by atoms with van der Waals surface area (Å²) in [6, 6.07) is 5.02. The van der Waals surface area contributed by atoms with Crippen molar-refractivity contribution < 1.29 is 18.7 Å². The van der Waals surface area contributed by atoms with E-state index in [0.29, 0.717) is 18.4 Å². The zero-order valence-corrected chi connectivity index (χ0v) is 17.4. The third kappa shape index (κ3) is 3.41. The molecule has 1 unspecified atom stereocenters. The Hall–Kier alpha value is -2.99. The Morgan fingerprint density at radius 1 is 1.20 bits per heavy atom. The van der Waals surface area contributed by atoms with E-state index in [2.05, 4.69) is 5.32 Å². The molecule has 0 fully saturated rings. The molecule has 1 atom stereocenters. The molecule has 0 amide bonds. The second-order valence-electron chi connectivity index (χ2n) is 8.10. The number of nitrogens with one attached hydrogen (secondary N) is 1. The maximum atomic E-state index is 13.3. The molecule has 156 valence electrons. The first kappa shape index (κ1) is 20.3. The van der Waals surface area contributed by atoms with Gasteiger partial charge in [-0.1, -0.05) is 24.3 Å². The summed E-state index contributed by atoms with van der Waals surface area (Å²) in [5.74, 6) is -0.512. The van der Waals surface area contributed by atoms with Crippen LogP contribution in [0.1, 0.15) is 53.6 Å². The van der Waals surface area contributed by atoms with Crippen molar-refractivity contribution in [2.45, 2.75) is 45.2 Å². The van der Waals surface area contributed by atoms with E-state index >= 15 is 0 Å². The lowest BCUT2D eigenvalue weighted by Gasteiger charge is -2.38. The van der Waals surface area contributed by atoms with Gasteiger partial charge in [-0.3, -0.25) is 14.7 Å². The van der Waals surface area contributed by atoms with Crippen molar-refractivity contribution in [3.8, 4) is 0 Å². The van der Waals surface area contributed by atoms with Crippen LogP contribution in [-0.4, -0.2) is 29.1 Å². The normalized spacial score (nSPS) is 19.0. The highest BCUT2D eigenvalue weighted by atomic mass is 19.1. The highest BCUT2D eigenvalue weighted by molar-refractivity contribution is 6.00. The molecule has 4 rings (SSSR count). The number of hydrogen-bond acceptors (Lipinski definition) is 4. The number of nitrogens with zero attached hydrogens (tertiary/aromatic N) is 1. The summed E-state index contributed by atoms with van der Waals surface area (Å²) in [7, 11) is 0. The van der Waals surface area contributed by atoms with Crippen molar-refractivity contribution in [1.82, 2.24) is 9.88 Å². The van der Waals surface area contributed by atoms with Crippen LogP contribution in [0.25, 0.3) is 6.08 Å². The van der Waals surface area contributed by atoms with E-state index < -0.39 is 17.7 Å². The lowest BCUT2D eigenvalue weighted by molar-refractivity contribution is 0.0910. The molecule has 1 N–H and O–H groups in total. The Bertz CT molecular complexity index is 1060. The number of Topliss-reactive ketones (excluding diaryl/α,β-unsaturated/α-hetero) is 1. The van der Waals surface area contributed by atoms with Crippen LogP contribution in [0.5, 0.6) is 0 Å². The SMILES string of the molecule is CCOC(=O)n1c2c(c3c1CC(C(=O)c1ccc(F)cc1)NC3(C)C)C=CC=CC2. The average Bonchev–Trinajstić information content (AvgIpc) is 2.84. The number of halogens is 1. The smallest absolute Gasteiger partial charge is 0.418 e. The monoisotopic (exact) mass is 408 g/mol. The van der Waals surface area contributed by atoms with E-state index in [4.69, 9.17) is 4.74 Å². The summed E-state index contributed by atoms with van der Waals surface area (Å²) >= 11 is 0. The van der Waals surface area contributed by atoms with Crippen LogP contribution in [0.3, 0.4) is 0 Å². The minimum absolute atomic E-state index is 0.129. The number of hydrogen-bond donors (Lipinski definition) is 1. The van der Waals surface area contributed by atoms with Gasteiger partial charge in [-0.05, 0) is 45.0 Å². The van der Waals surface area contributed by atoms with Gasteiger partial charge in [-0.2, -0.15) is 0 Å². The molecular weight excluding hydrogens is 383 g/mol. The molecule has 0 spiro atoms. The molecule has 1 aromatic carbocycles. The largest absolute Gasteiger partial charge is 0.449 e. The number of aromatic nitrogens is 1. The molecule has 1 aliphatic carbocycles. The van der Waals surface area contributed by atoms with Crippen LogP contribution in [0.4, 0.5) is 9.18 Å². The standard InChI is InChI=1S/C24H25FN2O3/c1-4-30-23(29)27-19-9-7-5-6-8-17(19)21-20(27)14-18(26-24(21,2)3)22(28)15-10-12-16(25)13-11-15/h5-8,10-13,18,26H,4,9,14H2,1-3H3. The van der Waals surface area contributed by atoms with Gasteiger partial charge in [0.05, 0.1) is 12.6 Å². The Morgan fingerprint density at radius 2 is 1.93 bits per heavy atom. The minimum Gasteiger partial charge on any atom is -0.449 e. The van der Waals surface area contributed by atoms with Gasteiger partial charge in [0.1, 0.15) is 5.82 Å². The first-order valence-corrected chi connectivity index (χ1v) is 10.2. The van der Waals surface area contributed by atoms with E-state index in [1.165, 1.54) is 24.3 Å². The number of rotatable bonds is 3. The summed E-state index contributed by atoms with van der Waals surface area (Å²) in [5, 5.41) is 3.45. The first-order valence-electron chi connectivity index (χ1n) is 10.2. The molecule has 30 heavy (non-hydrogen) atoms. The van der Waals surface area contributed by atoms with Crippen molar-refractivity contribution >= 4 is 18.0 Å². The molecule has 0 radical (unpaired) electrons. The van der Waals surface area contributed by atoms with E-state index in [9.17, 15) is 14.0 Å². The summed E-state index contributed by atoms with van der Waals surface area (Å²) in [6.45, 7) is 6.07. The van der Waals surface area contributed by atoms with Gasteiger partial charge in [0, 0.05) is 46.5 Å². The fourth-order valence-corrected chi connectivity index (χ4v) is 4.51. The Morgan fingerprint density at radius 3 is 2.63 bits per heavy atom. The number of ether oxygens (including phenoxy) is 1. The Kier molecular flexibility index (Phi) is 5.20. The quantitative estimate of drug-likeness (QED) is 0.766. The van der Waals surface area contributed by atoms with Crippen molar-refractivity contribution in [2.24, 2.45) is 0 Å². The van der Waals surface area contributed by atoms with Gasteiger partial charge >= 0.3 is 6.09 Å². The third-order valence-corrected chi connectivity index (χ3v) is 5.68. The van der Waals surface area contributed by atoms with Gasteiger partial charge in [0.15, 0.2) is 5.78 Å². The number of carbonyl (C=O) groups is 2. The fraction of sp³-hybridized carbons (Fsp3) is 0.333. The van der Waals surface area contributed by atoms with Crippen LogP contribution in [-0.2, 0) is 23.1 Å². The number of benzene rings is 1. The number of fused-ring (bicyclic) bond motifs is 3. The molecule has 2 aliphatic rings. The van der Waals surface area contributed by atoms with E-state index in [0.717, 1.165) is 22.5 Å². The van der Waals surface area contributed by atoms with E-state index in [1.54, 1.807) is 11.5 Å². The predicted molar refractivity (Wildman–Crippen MR) is 113 cm³/mol. The van der Waals surface area contributed by atoms with Crippen molar-refractivity contribution in [3.05, 3.63) is 76.4 Å². The molecule has 2 aromatic rings. The zero-order chi connectivity index (χ0) is 21.5. The maximum Gasteiger partial charge on any atom is 0.418 e. The predicted octanol–water partition coefficient (Wildman–Crippen LogP) is 4.39. The molecular formula is C24H25FN2O3. The van der Waals surface area contributed by atoms with E-state index in [1.807, 2.05) is 38.2 Å². The highest BCUT2D eigenvalue weighted by Crippen LogP contribution is 2.39. The molecule has 1 aromatic heterocycles. The number of ketones is 1. The van der Waals surface area contributed by atoms with Crippen LogP contribution >= 0.6 is 0 Å². The molecule has 6 heteroatoms. The average molecular weight is 408 g/mol. The summed E-state index contributed by atoms with van der Waals surface area (Å²) in [4.78, 5) is 26.1. The van der Waals surface area contributed by atoms with Gasteiger partial charge < -0.3 is 4.74 Å². The molecule has 1 aliphatic heterocycles. The topological polar surface area (TPSA) is 60.3 Å². The van der Waals surface area contributed by atoms with Gasteiger partial charge in [-0.15, -0.1) is 0 Å². The second-order valence-corrected chi connectivity index (χ2v) is 8.10. The molecule has 2 heterocycles. The second kappa shape index (κ2) is 7.69. The van der Waals surface area contributed by atoms with Crippen LogP contribution < -0.4 is 5.32 Å². The molecule has 0 saturated carbocycles. The third-order valence-electron chi connectivity index (χ3n) is 5.68. The van der Waals surface area contributed by atoms with Crippen LogP contribution in [0.2, 0.25) is 0 Å². The van der Waals surface area contributed by atoms with Crippen LogP contribution in [0.15, 0.2) is 42.5 Å². The van der Waals surface area contributed by atoms with Crippen molar-refractivity contribution in [3.63, 3.8) is 0 Å². The zero-order valence-electron chi connectivity index (χ0n) is 17.4. The Balaban J connectivity index is 1.83. The van der Waals surface area contributed by atoms with Crippen LogP contribution in [0, 0.1) is 5.82 Å². The molecule has 0 bridgehead atoms.